The Morgan fingerprint density at radius 2 is 1.76 bits per heavy atom. The van der Waals surface area contributed by atoms with Crippen molar-refractivity contribution in [2.45, 2.75) is 77.1 Å². The standard InChI is InChI=1S/C40H52N6O6S2/c1-7-28(4)37(46-20-19-44(40(46)49)24-32-26-53-39(42-32)31-14-13-29(5)41-22-31)38(48)43-35(21-30-11-9-8-10-12-30)36(47)25-45(23-27(2)3)54(50,51)34-17-15-33(52-6)16-18-34/h8-18,22,26-28,35-37,47H,7,19-21,23-25H2,1-6H3,(H,43,48)/t28?,35-,36+,37?/m0/s1. The molecule has 1 aliphatic rings. The van der Waals surface area contributed by atoms with Gasteiger partial charge in [0.25, 0.3) is 0 Å². The first-order chi connectivity index (χ1) is 25.8. The molecular weight excluding hydrogens is 725 g/mol. The molecule has 2 aromatic carbocycles. The Morgan fingerprint density at radius 1 is 1.04 bits per heavy atom. The van der Waals surface area contributed by atoms with Crippen LogP contribution in [0, 0.1) is 18.8 Å². The van der Waals surface area contributed by atoms with Crippen molar-refractivity contribution in [3.8, 4) is 16.3 Å². The summed E-state index contributed by atoms with van der Waals surface area (Å²) in [5, 5.41) is 17.7. The van der Waals surface area contributed by atoms with Crippen LogP contribution in [0.1, 0.15) is 51.1 Å². The molecule has 5 rings (SSSR count). The van der Waals surface area contributed by atoms with E-state index in [1.165, 1.54) is 34.9 Å². The van der Waals surface area contributed by atoms with Crippen LogP contribution in [0.3, 0.4) is 0 Å². The van der Waals surface area contributed by atoms with Gasteiger partial charge < -0.3 is 25.0 Å². The molecule has 54 heavy (non-hydrogen) atoms. The van der Waals surface area contributed by atoms with E-state index in [0.29, 0.717) is 31.8 Å². The van der Waals surface area contributed by atoms with Crippen LogP contribution >= 0.6 is 11.3 Å². The lowest BCUT2D eigenvalue weighted by Crippen LogP contribution is -2.57. The van der Waals surface area contributed by atoms with Gasteiger partial charge >= 0.3 is 6.03 Å². The second kappa shape index (κ2) is 18.3. The van der Waals surface area contributed by atoms with E-state index >= 15 is 0 Å². The third kappa shape index (κ3) is 10.0. The number of thiazole rings is 1. The fraction of sp³-hybridized carbons (Fsp3) is 0.450. The van der Waals surface area contributed by atoms with Crippen molar-refractivity contribution in [2.75, 3.05) is 33.3 Å². The monoisotopic (exact) mass is 776 g/mol. The molecule has 1 aliphatic heterocycles. The zero-order chi connectivity index (χ0) is 39.0. The molecule has 1 saturated heterocycles. The predicted molar refractivity (Wildman–Crippen MR) is 211 cm³/mol. The first kappa shape index (κ1) is 40.8. The van der Waals surface area contributed by atoms with E-state index in [-0.39, 0.29) is 42.3 Å². The maximum Gasteiger partial charge on any atom is 0.321 e. The normalized spacial score (nSPS) is 15.8. The Labute approximate surface area is 323 Å². The highest BCUT2D eigenvalue weighted by Gasteiger charge is 2.41. The second-order valence-electron chi connectivity index (χ2n) is 14.3. The van der Waals surface area contributed by atoms with Gasteiger partial charge in [-0.2, -0.15) is 4.31 Å². The molecule has 0 saturated carbocycles. The van der Waals surface area contributed by atoms with Gasteiger partial charge in [0, 0.05) is 49.0 Å². The minimum absolute atomic E-state index is 0.0400. The number of nitrogens with one attached hydrogen (secondary N) is 1. The number of hydrogen-bond acceptors (Lipinski definition) is 9. The quantitative estimate of drug-likeness (QED) is 0.133. The van der Waals surface area contributed by atoms with Gasteiger partial charge in [-0.05, 0) is 67.1 Å². The lowest BCUT2D eigenvalue weighted by Gasteiger charge is -2.35. The molecule has 0 radical (unpaired) electrons. The number of aryl methyl sites for hydroxylation is 1. The van der Waals surface area contributed by atoms with Crippen molar-refractivity contribution in [3.05, 3.63) is 95.3 Å². The van der Waals surface area contributed by atoms with Crippen LogP contribution in [0.25, 0.3) is 10.6 Å². The van der Waals surface area contributed by atoms with Crippen molar-refractivity contribution in [2.24, 2.45) is 11.8 Å². The van der Waals surface area contributed by atoms with Gasteiger partial charge in [-0.15, -0.1) is 11.3 Å². The Hall–Kier alpha value is -4.37. The van der Waals surface area contributed by atoms with Gasteiger partial charge in [-0.3, -0.25) is 9.78 Å². The highest BCUT2D eigenvalue weighted by atomic mass is 32.2. The number of aromatic nitrogens is 2. The first-order valence-electron chi connectivity index (χ1n) is 18.4. The maximum absolute atomic E-state index is 14.4. The number of hydrogen-bond donors (Lipinski definition) is 2. The Morgan fingerprint density at radius 3 is 2.39 bits per heavy atom. The van der Waals surface area contributed by atoms with Crippen LogP contribution in [-0.4, -0.2) is 101 Å². The second-order valence-corrected chi connectivity index (χ2v) is 17.1. The number of sulfonamides is 1. The average molecular weight is 777 g/mol. The fourth-order valence-corrected chi connectivity index (χ4v) is 8.99. The number of ether oxygens (including phenoxy) is 1. The maximum atomic E-state index is 14.4. The minimum Gasteiger partial charge on any atom is -0.497 e. The highest BCUT2D eigenvalue weighted by Crippen LogP contribution is 2.27. The lowest BCUT2D eigenvalue weighted by molar-refractivity contribution is -0.128. The van der Waals surface area contributed by atoms with Crippen LogP contribution in [0.2, 0.25) is 0 Å². The summed E-state index contributed by atoms with van der Waals surface area (Å²) >= 11 is 1.50. The van der Waals surface area contributed by atoms with Gasteiger partial charge in [0.2, 0.25) is 15.9 Å². The predicted octanol–water partition coefficient (Wildman–Crippen LogP) is 5.61. The van der Waals surface area contributed by atoms with E-state index in [2.05, 4.69) is 10.3 Å². The largest absolute Gasteiger partial charge is 0.497 e. The van der Waals surface area contributed by atoms with Crippen LogP contribution in [0.4, 0.5) is 4.79 Å². The molecule has 0 aliphatic carbocycles. The third-order valence-electron chi connectivity index (χ3n) is 9.72. The number of aliphatic hydroxyl groups is 1. The number of urea groups is 1. The summed E-state index contributed by atoms with van der Waals surface area (Å²) in [5.41, 5.74) is 3.46. The van der Waals surface area contributed by atoms with Gasteiger partial charge in [0.15, 0.2) is 0 Å². The summed E-state index contributed by atoms with van der Waals surface area (Å²) in [7, 11) is -2.50. The molecule has 12 nitrogen and oxygen atoms in total. The number of nitrogens with zero attached hydrogens (tertiary/aromatic N) is 5. The summed E-state index contributed by atoms with van der Waals surface area (Å²) in [6.45, 7) is 10.7. The van der Waals surface area contributed by atoms with E-state index in [0.717, 1.165) is 27.5 Å². The highest BCUT2D eigenvalue weighted by molar-refractivity contribution is 7.89. The zero-order valence-corrected chi connectivity index (χ0v) is 33.5. The van der Waals surface area contributed by atoms with Gasteiger partial charge in [0.05, 0.1) is 36.4 Å². The number of pyridine rings is 1. The minimum atomic E-state index is -4.01. The van der Waals surface area contributed by atoms with Gasteiger partial charge in [-0.25, -0.2) is 18.2 Å². The summed E-state index contributed by atoms with van der Waals surface area (Å²) in [5.74, 6) is -0.104. The van der Waals surface area contributed by atoms with Crippen LogP contribution < -0.4 is 10.1 Å². The molecule has 0 spiro atoms. The van der Waals surface area contributed by atoms with E-state index in [9.17, 15) is 23.1 Å². The van der Waals surface area contributed by atoms with Crippen molar-refractivity contribution in [3.63, 3.8) is 0 Å². The Bertz CT molecular complexity index is 1940. The van der Waals surface area contributed by atoms with E-state index < -0.39 is 34.1 Å². The van der Waals surface area contributed by atoms with Crippen molar-refractivity contribution in [1.82, 2.24) is 29.4 Å². The molecule has 2 unspecified atom stereocenters. The van der Waals surface area contributed by atoms with Crippen molar-refractivity contribution < 1.29 is 27.9 Å². The Kier molecular flexibility index (Phi) is 13.8. The van der Waals surface area contributed by atoms with Crippen LogP contribution in [0.15, 0.2) is 83.2 Å². The number of aliphatic hydroxyl groups excluding tert-OH is 1. The first-order valence-corrected chi connectivity index (χ1v) is 20.7. The van der Waals surface area contributed by atoms with Crippen molar-refractivity contribution in [1.29, 1.82) is 0 Å². The number of methoxy groups -OCH3 is 1. The average Bonchev–Trinajstić information content (AvgIpc) is 3.77. The van der Waals surface area contributed by atoms with Gasteiger partial charge in [-0.1, -0.05) is 64.4 Å². The molecule has 3 amide bonds. The summed E-state index contributed by atoms with van der Waals surface area (Å²) in [6, 6.07) is 17.6. The van der Waals surface area contributed by atoms with E-state index in [1.807, 2.05) is 82.5 Å². The lowest BCUT2D eigenvalue weighted by atomic mass is 9.95. The molecule has 4 aromatic rings. The zero-order valence-electron chi connectivity index (χ0n) is 31.9. The third-order valence-corrected chi connectivity index (χ3v) is 12.5. The molecule has 14 heteroatoms. The number of carbonyl (C=O) groups excluding carboxylic acids is 2. The number of amides is 3. The van der Waals surface area contributed by atoms with Crippen molar-refractivity contribution >= 4 is 33.3 Å². The molecule has 4 atom stereocenters. The molecule has 1 fully saturated rings. The molecule has 290 valence electrons. The number of carbonyl (C=O) groups is 2. The van der Waals surface area contributed by atoms with E-state index in [1.54, 1.807) is 28.1 Å². The number of benzene rings is 2. The van der Waals surface area contributed by atoms with Gasteiger partial charge in [0.1, 0.15) is 16.8 Å². The smallest absolute Gasteiger partial charge is 0.321 e. The van der Waals surface area contributed by atoms with E-state index in [4.69, 9.17) is 9.72 Å². The topological polar surface area (TPSA) is 145 Å². The summed E-state index contributed by atoms with van der Waals surface area (Å²) in [4.78, 5) is 40.8. The SMILES string of the molecule is CCC(C)C(C(=O)N[C@@H](Cc1ccccc1)[C@H](O)CN(CC(C)C)S(=O)(=O)c1ccc(OC)cc1)N1CCN(Cc2csc(-c3ccc(C)nc3)n2)C1=O. The molecule has 2 aromatic heterocycles. The van der Waals surface area contributed by atoms with Crippen LogP contribution in [-0.2, 0) is 27.8 Å². The molecular formula is C40H52N6O6S2. The fourth-order valence-electron chi connectivity index (χ4n) is 6.57. The Balaban J connectivity index is 1.35. The molecule has 3 heterocycles. The summed E-state index contributed by atoms with van der Waals surface area (Å²) < 4.78 is 34.4. The molecule has 0 bridgehead atoms. The summed E-state index contributed by atoms with van der Waals surface area (Å²) in [6.07, 6.45) is 1.41. The van der Waals surface area contributed by atoms with Crippen LogP contribution in [0.5, 0.6) is 5.75 Å². The number of rotatable bonds is 18. The molecule has 2 N–H and O–H groups in total.